The molecule has 0 atom stereocenters. The van der Waals surface area contributed by atoms with Crippen LogP contribution in [0.2, 0.25) is 0 Å². The predicted octanol–water partition coefficient (Wildman–Crippen LogP) is 3.92. The minimum absolute atomic E-state index is 0.281. The molecule has 0 unspecified atom stereocenters. The zero-order chi connectivity index (χ0) is 17.1. The van der Waals surface area contributed by atoms with Crippen LogP contribution in [-0.2, 0) is 16.1 Å². The molecule has 7 heteroatoms. The predicted molar refractivity (Wildman–Crippen MR) is 92.9 cm³/mol. The average Bonchev–Trinajstić information content (AvgIpc) is 3.22. The van der Waals surface area contributed by atoms with E-state index >= 15 is 0 Å². The number of benzene rings is 1. The second-order valence-electron chi connectivity index (χ2n) is 5.22. The van der Waals surface area contributed by atoms with Crippen molar-refractivity contribution in [3.05, 3.63) is 57.3 Å². The number of carbonyl (C=O) groups is 2. The molecule has 3 rings (SSSR count). The van der Waals surface area contributed by atoms with E-state index in [1.165, 1.54) is 17.0 Å². The Kier molecular flexibility index (Phi) is 4.92. The van der Waals surface area contributed by atoms with E-state index in [1.807, 2.05) is 16.8 Å². The Morgan fingerprint density at radius 2 is 2.12 bits per heavy atom. The Bertz CT molecular complexity index is 873. The summed E-state index contributed by atoms with van der Waals surface area (Å²) in [6, 6.07) is 8.06. The molecular weight excluding hydrogens is 349 g/mol. The average molecular weight is 363 g/mol. The molecule has 0 saturated carbocycles. The van der Waals surface area contributed by atoms with Gasteiger partial charge in [0.05, 0.1) is 0 Å². The highest BCUT2D eigenvalue weighted by atomic mass is 32.1. The molecule has 2 aromatic heterocycles. The lowest BCUT2D eigenvalue weighted by Crippen LogP contribution is -2.30. The van der Waals surface area contributed by atoms with Crippen molar-refractivity contribution >= 4 is 44.6 Å². The van der Waals surface area contributed by atoms with Crippen LogP contribution in [-0.4, -0.2) is 30.4 Å². The van der Waals surface area contributed by atoms with Crippen LogP contribution in [0.25, 0.3) is 10.1 Å². The first-order valence-electron chi connectivity index (χ1n) is 7.15. The monoisotopic (exact) mass is 363 g/mol. The van der Waals surface area contributed by atoms with Crippen LogP contribution in [0.1, 0.15) is 15.2 Å². The van der Waals surface area contributed by atoms with Gasteiger partial charge in [0, 0.05) is 23.7 Å². The zero-order valence-electron chi connectivity index (χ0n) is 12.8. The minimum Gasteiger partial charge on any atom is -0.451 e. The highest BCUT2D eigenvalue weighted by molar-refractivity contribution is 7.20. The Morgan fingerprint density at radius 1 is 1.29 bits per heavy atom. The molecule has 0 fully saturated rings. The van der Waals surface area contributed by atoms with Gasteiger partial charge in [-0.3, -0.25) is 4.79 Å². The SMILES string of the molecule is CN(Cc1ccsc1)C(=O)COC(=O)c1cc2c(F)cccc2s1. The van der Waals surface area contributed by atoms with Crippen molar-refractivity contribution in [1.29, 1.82) is 0 Å². The number of hydrogen-bond acceptors (Lipinski definition) is 5. The molecule has 0 radical (unpaired) electrons. The van der Waals surface area contributed by atoms with Crippen molar-refractivity contribution in [3.63, 3.8) is 0 Å². The van der Waals surface area contributed by atoms with Gasteiger partial charge in [-0.2, -0.15) is 11.3 Å². The fourth-order valence-corrected chi connectivity index (χ4v) is 3.81. The fourth-order valence-electron chi connectivity index (χ4n) is 2.18. The van der Waals surface area contributed by atoms with Gasteiger partial charge in [0.2, 0.25) is 0 Å². The van der Waals surface area contributed by atoms with Crippen LogP contribution in [0.5, 0.6) is 0 Å². The Labute approximate surface area is 146 Å². The summed E-state index contributed by atoms with van der Waals surface area (Å²) in [6.07, 6.45) is 0. The van der Waals surface area contributed by atoms with Gasteiger partial charge in [-0.05, 0) is 40.6 Å². The van der Waals surface area contributed by atoms with Crippen LogP contribution in [0.3, 0.4) is 0 Å². The maximum absolute atomic E-state index is 13.7. The van der Waals surface area contributed by atoms with E-state index in [0.717, 1.165) is 16.9 Å². The molecule has 0 aliphatic carbocycles. The molecule has 1 aromatic carbocycles. The summed E-state index contributed by atoms with van der Waals surface area (Å²) in [7, 11) is 1.66. The molecule has 124 valence electrons. The molecule has 0 spiro atoms. The van der Waals surface area contributed by atoms with E-state index in [0.29, 0.717) is 16.6 Å². The number of nitrogens with zero attached hydrogens (tertiary/aromatic N) is 1. The molecule has 24 heavy (non-hydrogen) atoms. The molecule has 0 N–H and O–H groups in total. The molecule has 0 aliphatic rings. The molecule has 2 heterocycles. The van der Waals surface area contributed by atoms with Crippen molar-refractivity contribution in [2.45, 2.75) is 6.54 Å². The van der Waals surface area contributed by atoms with E-state index < -0.39 is 5.97 Å². The van der Waals surface area contributed by atoms with Gasteiger partial charge in [-0.25, -0.2) is 9.18 Å². The number of likely N-dealkylation sites (N-methyl/N-ethyl adjacent to an activating group) is 1. The molecule has 0 aliphatic heterocycles. The lowest BCUT2D eigenvalue weighted by Gasteiger charge is -2.16. The van der Waals surface area contributed by atoms with Crippen LogP contribution in [0.4, 0.5) is 4.39 Å². The van der Waals surface area contributed by atoms with Crippen molar-refractivity contribution in [2.24, 2.45) is 0 Å². The fraction of sp³-hybridized carbons (Fsp3) is 0.176. The van der Waals surface area contributed by atoms with Crippen LogP contribution >= 0.6 is 22.7 Å². The van der Waals surface area contributed by atoms with Crippen LogP contribution < -0.4 is 0 Å². The van der Waals surface area contributed by atoms with Gasteiger partial charge in [-0.1, -0.05) is 6.07 Å². The molecule has 0 saturated heterocycles. The summed E-state index contributed by atoms with van der Waals surface area (Å²) in [5.74, 6) is -1.29. The van der Waals surface area contributed by atoms with Crippen molar-refractivity contribution in [2.75, 3.05) is 13.7 Å². The highest BCUT2D eigenvalue weighted by Crippen LogP contribution is 2.28. The number of carbonyl (C=O) groups excluding carboxylic acids is 2. The second-order valence-corrected chi connectivity index (χ2v) is 7.08. The van der Waals surface area contributed by atoms with E-state index in [4.69, 9.17) is 4.74 Å². The van der Waals surface area contributed by atoms with Gasteiger partial charge in [-0.15, -0.1) is 11.3 Å². The van der Waals surface area contributed by atoms with E-state index in [9.17, 15) is 14.0 Å². The minimum atomic E-state index is -0.618. The molecule has 0 bridgehead atoms. The van der Waals surface area contributed by atoms with Crippen molar-refractivity contribution < 1.29 is 18.7 Å². The smallest absolute Gasteiger partial charge is 0.348 e. The summed E-state index contributed by atoms with van der Waals surface area (Å²) in [5.41, 5.74) is 1.03. The summed E-state index contributed by atoms with van der Waals surface area (Å²) in [4.78, 5) is 25.9. The van der Waals surface area contributed by atoms with Crippen LogP contribution in [0.15, 0.2) is 41.1 Å². The molecule has 4 nitrogen and oxygen atoms in total. The third-order valence-electron chi connectivity index (χ3n) is 3.46. The van der Waals surface area contributed by atoms with Gasteiger partial charge in [0.25, 0.3) is 5.91 Å². The number of thiophene rings is 2. The van der Waals surface area contributed by atoms with Crippen molar-refractivity contribution in [3.8, 4) is 0 Å². The maximum Gasteiger partial charge on any atom is 0.348 e. The number of hydrogen-bond donors (Lipinski definition) is 0. The number of rotatable bonds is 5. The van der Waals surface area contributed by atoms with Gasteiger partial charge >= 0.3 is 5.97 Å². The summed E-state index contributed by atoms with van der Waals surface area (Å²) in [5, 5.41) is 4.28. The van der Waals surface area contributed by atoms with E-state index in [-0.39, 0.29) is 23.2 Å². The summed E-state index contributed by atoms with van der Waals surface area (Å²) >= 11 is 2.70. The van der Waals surface area contributed by atoms with Gasteiger partial charge in [0.1, 0.15) is 10.7 Å². The zero-order valence-corrected chi connectivity index (χ0v) is 14.5. The standard InChI is InChI=1S/C17H14FNO3S2/c1-19(8-11-5-6-23-10-11)16(20)9-22-17(21)15-7-12-13(18)3-2-4-14(12)24-15/h2-7,10H,8-9H2,1H3. The number of fused-ring (bicyclic) bond motifs is 1. The molecule has 3 aromatic rings. The highest BCUT2D eigenvalue weighted by Gasteiger charge is 2.17. The number of ether oxygens (including phenoxy) is 1. The lowest BCUT2D eigenvalue weighted by atomic mass is 10.2. The van der Waals surface area contributed by atoms with Crippen molar-refractivity contribution in [1.82, 2.24) is 4.90 Å². The molecular formula is C17H14FNO3S2. The van der Waals surface area contributed by atoms with E-state index in [1.54, 1.807) is 30.5 Å². The largest absolute Gasteiger partial charge is 0.451 e. The quantitative estimate of drug-likeness (QED) is 0.646. The first-order chi connectivity index (χ1) is 11.5. The normalized spacial score (nSPS) is 10.8. The first-order valence-corrected chi connectivity index (χ1v) is 8.91. The van der Waals surface area contributed by atoms with Gasteiger partial charge in [0.15, 0.2) is 6.61 Å². The maximum atomic E-state index is 13.7. The second kappa shape index (κ2) is 7.11. The Hall–Kier alpha value is -2.25. The first kappa shape index (κ1) is 16.6. The summed E-state index contributed by atoms with van der Waals surface area (Å²) < 4.78 is 19.4. The Balaban J connectivity index is 1.59. The number of halogens is 1. The van der Waals surface area contributed by atoms with E-state index in [2.05, 4.69) is 0 Å². The number of amides is 1. The number of esters is 1. The lowest BCUT2D eigenvalue weighted by molar-refractivity contribution is -0.133. The molecule has 1 amide bonds. The Morgan fingerprint density at radius 3 is 2.83 bits per heavy atom. The summed E-state index contributed by atoms with van der Waals surface area (Å²) in [6.45, 7) is 0.129. The van der Waals surface area contributed by atoms with Crippen LogP contribution in [0, 0.1) is 5.82 Å². The topological polar surface area (TPSA) is 46.6 Å². The third-order valence-corrected chi connectivity index (χ3v) is 5.27. The third kappa shape index (κ3) is 3.63. The van der Waals surface area contributed by atoms with Gasteiger partial charge < -0.3 is 9.64 Å².